The lowest BCUT2D eigenvalue weighted by Gasteiger charge is -2.46. The standard InChI is InChI=1S/C22H33FN4O3/c1-16-18(23)5-3-6-19(16)25-21(29)26-12-7-17(8-13-26)27-11-4-9-22(15-27,20(24)28)10-14-30-2/h3,5-6,17H,4,7-15H2,1-2H3,(H2,24,28)(H,25,29). The van der Waals surface area contributed by atoms with Crippen molar-refractivity contribution in [3.8, 4) is 0 Å². The Morgan fingerprint density at radius 2 is 2.03 bits per heavy atom. The van der Waals surface area contributed by atoms with E-state index in [0.29, 0.717) is 50.0 Å². The molecule has 0 saturated carbocycles. The molecule has 2 fully saturated rings. The Bertz CT molecular complexity index is 767. The van der Waals surface area contributed by atoms with E-state index in [4.69, 9.17) is 10.5 Å². The van der Waals surface area contributed by atoms with Gasteiger partial charge in [0.2, 0.25) is 5.91 Å². The molecular weight excluding hydrogens is 387 g/mol. The van der Waals surface area contributed by atoms with Gasteiger partial charge in [0.15, 0.2) is 0 Å². The van der Waals surface area contributed by atoms with Crippen molar-refractivity contribution >= 4 is 17.6 Å². The molecule has 0 radical (unpaired) electrons. The van der Waals surface area contributed by atoms with Gasteiger partial charge >= 0.3 is 6.03 Å². The number of carbonyl (C=O) groups is 2. The molecule has 1 aromatic rings. The zero-order valence-corrected chi connectivity index (χ0v) is 18.0. The molecular formula is C22H33FN4O3. The number of amides is 3. The van der Waals surface area contributed by atoms with Crippen LogP contribution in [0.25, 0.3) is 0 Å². The zero-order chi connectivity index (χ0) is 21.7. The molecule has 3 amide bonds. The van der Waals surface area contributed by atoms with Gasteiger partial charge in [0.1, 0.15) is 5.82 Å². The van der Waals surface area contributed by atoms with Crippen LogP contribution in [0, 0.1) is 18.2 Å². The third kappa shape index (κ3) is 4.92. The summed E-state index contributed by atoms with van der Waals surface area (Å²) in [5, 5.41) is 2.82. The van der Waals surface area contributed by atoms with Crippen LogP contribution in [-0.4, -0.2) is 67.7 Å². The fraction of sp³-hybridized carbons (Fsp3) is 0.636. The molecule has 8 heteroatoms. The summed E-state index contributed by atoms with van der Waals surface area (Å²) in [4.78, 5) is 29.0. The molecule has 0 aliphatic carbocycles. The van der Waals surface area contributed by atoms with Gasteiger partial charge in [-0.15, -0.1) is 0 Å². The van der Waals surface area contributed by atoms with Crippen molar-refractivity contribution in [2.24, 2.45) is 11.1 Å². The summed E-state index contributed by atoms with van der Waals surface area (Å²) >= 11 is 0. The Balaban J connectivity index is 1.56. The molecule has 3 rings (SSSR count). The third-order valence-corrected chi connectivity index (χ3v) is 6.69. The smallest absolute Gasteiger partial charge is 0.321 e. The number of primary amides is 1. The Morgan fingerprint density at radius 3 is 2.70 bits per heavy atom. The first kappa shape index (κ1) is 22.5. The number of carbonyl (C=O) groups excluding carboxylic acids is 2. The quantitative estimate of drug-likeness (QED) is 0.741. The summed E-state index contributed by atoms with van der Waals surface area (Å²) in [6.07, 6.45) is 4.07. The van der Waals surface area contributed by atoms with Crippen LogP contribution >= 0.6 is 0 Å². The molecule has 2 aliphatic rings. The number of halogens is 1. The second-order valence-electron chi connectivity index (χ2n) is 8.52. The highest BCUT2D eigenvalue weighted by atomic mass is 19.1. The van der Waals surface area contributed by atoms with Gasteiger partial charge < -0.3 is 20.7 Å². The van der Waals surface area contributed by atoms with Crippen molar-refractivity contribution in [2.75, 3.05) is 45.2 Å². The number of hydrogen-bond acceptors (Lipinski definition) is 4. The fourth-order valence-electron chi connectivity index (χ4n) is 4.68. The van der Waals surface area contributed by atoms with Gasteiger partial charge in [-0.1, -0.05) is 6.07 Å². The average molecular weight is 421 g/mol. The van der Waals surface area contributed by atoms with E-state index in [-0.39, 0.29) is 17.8 Å². The number of nitrogens with zero attached hydrogens (tertiary/aromatic N) is 2. The molecule has 1 aromatic carbocycles. The first-order chi connectivity index (χ1) is 14.4. The highest BCUT2D eigenvalue weighted by Gasteiger charge is 2.42. The number of nitrogens with two attached hydrogens (primary N) is 1. The van der Waals surface area contributed by atoms with Gasteiger partial charge in [-0.25, -0.2) is 9.18 Å². The van der Waals surface area contributed by atoms with Gasteiger partial charge in [0.05, 0.1) is 5.41 Å². The Labute approximate surface area is 177 Å². The minimum absolute atomic E-state index is 0.202. The summed E-state index contributed by atoms with van der Waals surface area (Å²) in [6, 6.07) is 4.81. The summed E-state index contributed by atoms with van der Waals surface area (Å²) < 4.78 is 18.9. The predicted molar refractivity (Wildman–Crippen MR) is 114 cm³/mol. The van der Waals surface area contributed by atoms with E-state index in [1.807, 2.05) is 0 Å². The van der Waals surface area contributed by atoms with Crippen LogP contribution in [0.4, 0.5) is 14.9 Å². The van der Waals surface area contributed by atoms with E-state index in [1.165, 1.54) is 6.07 Å². The van der Waals surface area contributed by atoms with Gasteiger partial charge in [0, 0.05) is 50.6 Å². The summed E-state index contributed by atoms with van der Waals surface area (Å²) in [5.74, 6) is -0.574. The van der Waals surface area contributed by atoms with Gasteiger partial charge in [-0.2, -0.15) is 0 Å². The number of methoxy groups -OCH3 is 1. The molecule has 7 nitrogen and oxygen atoms in total. The van der Waals surface area contributed by atoms with Crippen LogP contribution < -0.4 is 11.1 Å². The maximum absolute atomic E-state index is 13.7. The number of urea groups is 1. The van der Waals surface area contributed by atoms with Crippen LogP contribution in [0.15, 0.2) is 18.2 Å². The maximum Gasteiger partial charge on any atom is 0.321 e. The van der Waals surface area contributed by atoms with Crippen molar-refractivity contribution in [1.82, 2.24) is 9.80 Å². The van der Waals surface area contributed by atoms with E-state index >= 15 is 0 Å². The number of piperidine rings is 2. The SMILES string of the molecule is COCCC1(C(N)=O)CCCN(C2CCN(C(=O)Nc3cccc(F)c3C)CC2)C1. The number of benzene rings is 1. The number of hydrogen-bond donors (Lipinski definition) is 2. The largest absolute Gasteiger partial charge is 0.385 e. The lowest BCUT2D eigenvalue weighted by atomic mass is 9.76. The Hall–Kier alpha value is -2.19. The van der Waals surface area contributed by atoms with Gasteiger partial charge in [-0.05, 0) is 57.7 Å². The Kier molecular flexibility index (Phi) is 7.31. The third-order valence-electron chi connectivity index (χ3n) is 6.69. The van der Waals surface area contributed by atoms with Crippen LogP contribution in [0.5, 0.6) is 0 Å². The number of ether oxygens (including phenoxy) is 1. The summed E-state index contributed by atoms with van der Waals surface area (Å²) in [7, 11) is 1.64. The van der Waals surface area contributed by atoms with Gasteiger partial charge in [0.25, 0.3) is 0 Å². The van der Waals surface area contributed by atoms with Crippen molar-refractivity contribution < 1.29 is 18.7 Å². The van der Waals surface area contributed by atoms with E-state index in [2.05, 4.69) is 10.2 Å². The lowest BCUT2D eigenvalue weighted by Crippen LogP contribution is -2.56. The highest BCUT2D eigenvalue weighted by Crippen LogP contribution is 2.35. The first-order valence-electron chi connectivity index (χ1n) is 10.7. The second-order valence-corrected chi connectivity index (χ2v) is 8.52. The number of nitrogens with one attached hydrogen (secondary N) is 1. The van der Waals surface area contributed by atoms with Crippen molar-refractivity contribution in [3.05, 3.63) is 29.6 Å². The molecule has 2 heterocycles. The van der Waals surface area contributed by atoms with Crippen LogP contribution in [0.3, 0.4) is 0 Å². The molecule has 0 spiro atoms. The average Bonchev–Trinajstić information content (AvgIpc) is 2.75. The predicted octanol–water partition coefficient (Wildman–Crippen LogP) is 2.73. The normalized spacial score (nSPS) is 23.4. The molecule has 166 valence electrons. The first-order valence-corrected chi connectivity index (χ1v) is 10.7. The van der Waals surface area contributed by atoms with Crippen LogP contribution in [0.1, 0.15) is 37.7 Å². The van der Waals surface area contributed by atoms with Crippen molar-refractivity contribution in [3.63, 3.8) is 0 Å². The van der Waals surface area contributed by atoms with Crippen LogP contribution in [-0.2, 0) is 9.53 Å². The molecule has 0 bridgehead atoms. The maximum atomic E-state index is 13.7. The van der Waals surface area contributed by atoms with Crippen molar-refractivity contribution in [2.45, 2.75) is 45.1 Å². The van der Waals surface area contributed by atoms with E-state index < -0.39 is 5.41 Å². The molecule has 2 aliphatic heterocycles. The van der Waals surface area contributed by atoms with Crippen LogP contribution in [0.2, 0.25) is 0 Å². The van der Waals surface area contributed by atoms with Gasteiger partial charge in [-0.3, -0.25) is 9.69 Å². The lowest BCUT2D eigenvalue weighted by molar-refractivity contribution is -0.133. The summed E-state index contributed by atoms with van der Waals surface area (Å²) in [6.45, 7) is 5.04. The minimum atomic E-state index is -0.530. The summed E-state index contributed by atoms with van der Waals surface area (Å²) in [5.41, 5.74) is 6.19. The van der Waals surface area contributed by atoms with Crippen molar-refractivity contribution in [1.29, 1.82) is 0 Å². The minimum Gasteiger partial charge on any atom is -0.385 e. The number of anilines is 1. The number of likely N-dealkylation sites (tertiary alicyclic amines) is 2. The molecule has 2 saturated heterocycles. The Morgan fingerprint density at radius 1 is 1.30 bits per heavy atom. The zero-order valence-electron chi connectivity index (χ0n) is 18.0. The highest BCUT2D eigenvalue weighted by molar-refractivity contribution is 5.90. The molecule has 0 aromatic heterocycles. The van der Waals surface area contributed by atoms with E-state index in [9.17, 15) is 14.0 Å². The van der Waals surface area contributed by atoms with E-state index in [1.54, 1.807) is 31.1 Å². The topological polar surface area (TPSA) is 87.9 Å². The molecule has 1 atom stereocenters. The molecule has 3 N–H and O–H groups in total. The fourth-order valence-corrected chi connectivity index (χ4v) is 4.68. The second kappa shape index (κ2) is 9.75. The molecule has 30 heavy (non-hydrogen) atoms. The number of rotatable bonds is 6. The molecule has 1 unspecified atom stereocenters. The monoisotopic (exact) mass is 420 g/mol. The van der Waals surface area contributed by atoms with E-state index in [0.717, 1.165) is 32.2 Å².